The fourth-order valence-electron chi connectivity index (χ4n) is 2.28. The first-order valence-electron chi connectivity index (χ1n) is 6.20. The van der Waals surface area contributed by atoms with E-state index in [2.05, 4.69) is 0 Å². The maximum atomic E-state index is 10.3. The molecule has 0 radical (unpaired) electrons. The van der Waals surface area contributed by atoms with E-state index in [9.17, 15) is 5.11 Å². The van der Waals surface area contributed by atoms with Crippen molar-refractivity contribution < 1.29 is 14.6 Å². The van der Waals surface area contributed by atoms with Gasteiger partial charge in [0.25, 0.3) is 0 Å². The van der Waals surface area contributed by atoms with E-state index in [0.717, 1.165) is 30.8 Å². The smallest absolute Gasteiger partial charge is 0.119 e. The number of aliphatic hydroxyl groups excluding tert-OH is 1. The Kier molecular flexibility index (Phi) is 3.69. The molecule has 0 aliphatic carbocycles. The summed E-state index contributed by atoms with van der Waals surface area (Å²) in [4.78, 5) is 0. The van der Waals surface area contributed by atoms with Gasteiger partial charge in [0.15, 0.2) is 0 Å². The number of hydrogen-bond donors (Lipinski definition) is 1. The van der Waals surface area contributed by atoms with Crippen LogP contribution in [0.2, 0.25) is 0 Å². The number of benzene rings is 1. The summed E-state index contributed by atoms with van der Waals surface area (Å²) in [5.74, 6) is 0.834. The van der Waals surface area contributed by atoms with Crippen LogP contribution < -0.4 is 4.74 Å². The molecule has 1 aromatic carbocycles. The Morgan fingerprint density at radius 1 is 1.41 bits per heavy atom. The summed E-state index contributed by atoms with van der Waals surface area (Å²) in [6.45, 7) is 5.32. The molecule has 2 rings (SSSR count). The average molecular weight is 236 g/mol. The van der Waals surface area contributed by atoms with Crippen molar-refractivity contribution in [3.63, 3.8) is 0 Å². The van der Waals surface area contributed by atoms with Gasteiger partial charge in [0.1, 0.15) is 11.9 Å². The van der Waals surface area contributed by atoms with Gasteiger partial charge in [-0.1, -0.05) is 12.1 Å². The molecule has 1 N–H and O–H groups in total. The zero-order valence-electron chi connectivity index (χ0n) is 10.5. The van der Waals surface area contributed by atoms with Crippen molar-refractivity contribution in [3.05, 3.63) is 29.8 Å². The molecule has 0 saturated carbocycles. The minimum absolute atomic E-state index is 0.437. The lowest BCUT2D eigenvalue weighted by Gasteiger charge is -2.29. The molecule has 17 heavy (non-hydrogen) atoms. The SMILES string of the molecule is CCOc1ccc(C(O)C2(C)CCCO2)cc1. The van der Waals surface area contributed by atoms with E-state index in [1.165, 1.54) is 0 Å². The molecule has 0 bridgehead atoms. The minimum Gasteiger partial charge on any atom is -0.494 e. The van der Waals surface area contributed by atoms with Crippen LogP contribution in [0.15, 0.2) is 24.3 Å². The molecule has 0 spiro atoms. The molecule has 1 fully saturated rings. The molecule has 1 aliphatic rings. The third kappa shape index (κ3) is 2.61. The van der Waals surface area contributed by atoms with Crippen molar-refractivity contribution in [2.45, 2.75) is 38.4 Å². The van der Waals surface area contributed by atoms with Gasteiger partial charge in [-0.15, -0.1) is 0 Å². The molecular weight excluding hydrogens is 216 g/mol. The fraction of sp³-hybridized carbons (Fsp3) is 0.571. The molecular formula is C14H20O3. The number of rotatable bonds is 4. The highest BCUT2D eigenvalue weighted by molar-refractivity contribution is 5.29. The second-order valence-electron chi connectivity index (χ2n) is 4.67. The predicted molar refractivity (Wildman–Crippen MR) is 66.2 cm³/mol. The standard InChI is InChI=1S/C14H20O3/c1-3-16-12-7-5-11(6-8-12)13(15)14(2)9-4-10-17-14/h5-8,13,15H,3-4,9-10H2,1-2H3. The maximum Gasteiger partial charge on any atom is 0.119 e. The van der Waals surface area contributed by atoms with Crippen molar-refractivity contribution in [1.82, 2.24) is 0 Å². The highest BCUT2D eigenvalue weighted by atomic mass is 16.5. The van der Waals surface area contributed by atoms with E-state index in [0.29, 0.717) is 6.61 Å². The van der Waals surface area contributed by atoms with Gasteiger partial charge in [-0.05, 0) is 44.4 Å². The molecule has 3 heteroatoms. The van der Waals surface area contributed by atoms with Crippen LogP contribution in [0.25, 0.3) is 0 Å². The average Bonchev–Trinajstić information content (AvgIpc) is 2.78. The summed E-state index contributed by atoms with van der Waals surface area (Å²) >= 11 is 0. The second-order valence-corrected chi connectivity index (χ2v) is 4.67. The molecule has 1 heterocycles. The van der Waals surface area contributed by atoms with Crippen molar-refractivity contribution in [2.24, 2.45) is 0 Å². The summed E-state index contributed by atoms with van der Waals surface area (Å²) in [7, 11) is 0. The van der Waals surface area contributed by atoms with E-state index in [-0.39, 0.29) is 0 Å². The summed E-state index contributed by atoms with van der Waals surface area (Å²) in [5.41, 5.74) is 0.450. The summed E-state index contributed by atoms with van der Waals surface area (Å²) in [6, 6.07) is 7.59. The Morgan fingerprint density at radius 2 is 2.12 bits per heavy atom. The van der Waals surface area contributed by atoms with Crippen LogP contribution in [0.3, 0.4) is 0 Å². The molecule has 3 nitrogen and oxygen atoms in total. The Labute approximate surface area is 102 Å². The zero-order chi connectivity index (χ0) is 12.3. The fourth-order valence-corrected chi connectivity index (χ4v) is 2.28. The van der Waals surface area contributed by atoms with Crippen LogP contribution in [0.4, 0.5) is 0 Å². The Balaban J connectivity index is 2.11. The topological polar surface area (TPSA) is 38.7 Å². The van der Waals surface area contributed by atoms with Crippen LogP contribution in [0.5, 0.6) is 5.75 Å². The molecule has 0 amide bonds. The lowest BCUT2D eigenvalue weighted by molar-refractivity contribution is -0.0796. The monoisotopic (exact) mass is 236 g/mol. The Morgan fingerprint density at radius 3 is 2.65 bits per heavy atom. The first-order valence-corrected chi connectivity index (χ1v) is 6.20. The van der Waals surface area contributed by atoms with Gasteiger partial charge in [-0.2, -0.15) is 0 Å². The van der Waals surface area contributed by atoms with Crippen molar-refractivity contribution in [3.8, 4) is 5.75 Å². The molecule has 2 atom stereocenters. The van der Waals surface area contributed by atoms with Gasteiger partial charge >= 0.3 is 0 Å². The number of aliphatic hydroxyl groups is 1. The van der Waals surface area contributed by atoms with Gasteiger partial charge in [0, 0.05) is 6.61 Å². The molecule has 2 unspecified atom stereocenters. The number of ether oxygens (including phenoxy) is 2. The van der Waals surface area contributed by atoms with E-state index in [1.54, 1.807) is 0 Å². The van der Waals surface area contributed by atoms with Crippen molar-refractivity contribution in [2.75, 3.05) is 13.2 Å². The Bertz CT molecular complexity index is 352. The van der Waals surface area contributed by atoms with Crippen LogP contribution in [0.1, 0.15) is 38.4 Å². The molecule has 0 aromatic heterocycles. The van der Waals surface area contributed by atoms with E-state index < -0.39 is 11.7 Å². The predicted octanol–water partition coefficient (Wildman–Crippen LogP) is 2.69. The summed E-state index contributed by atoms with van der Waals surface area (Å²) in [5, 5.41) is 10.3. The molecule has 1 aliphatic heterocycles. The largest absolute Gasteiger partial charge is 0.494 e. The second kappa shape index (κ2) is 5.07. The first-order chi connectivity index (χ1) is 8.15. The van der Waals surface area contributed by atoms with Gasteiger partial charge < -0.3 is 14.6 Å². The normalized spacial score (nSPS) is 25.8. The third-order valence-corrected chi connectivity index (χ3v) is 3.33. The molecule has 1 saturated heterocycles. The third-order valence-electron chi connectivity index (χ3n) is 3.33. The van der Waals surface area contributed by atoms with E-state index >= 15 is 0 Å². The maximum absolute atomic E-state index is 10.3. The number of hydrogen-bond acceptors (Lipinski definition) is 3. The van der Waals surface area contributed by atoms with Crippen LogP contribution in [-0.4, -0.2) is 23.9 Å². The highest BCUT2D eigenvalue weighted by Gasteiger charge is 2.38. The summed E-state index contributed by atoms with van der Waals surface area (Å²) < 4.78 is 11.0. The minimum atomic E-state index is -0.569. The van der Waals surface area contributed by atoms with Crippen LogP contribution >= 0.6 is 0 Å². The van der Waals surface area contributed by atoms with E-state index in [4.69, 9.17) is 9.47 Å². The summed E-state index contributed by atoms with van der Waals surface area (Å²) in [6.07, 6.45) is 1.35. The molecule has 94 valence electrons. The molecule has 1 aromatic rings. The highest BCUT2D eigenvalue weighted by Crippen LogP contribution is 2.37. The lowest BCUT2D eigenvalue weighted by Crippen LogP contribution is -2.31. The van der Waals surface area contributed by atoms with Crippen LogP contribution in [0, 0.1) is 0 Å². The van der Waals surface area contributed by atoms with Crippen LogP contribution in [-0.2, 0) is 4.74 Å². The van der Waals surface area contributed by atoms with Crippen molar-refractivity contribution in [1.29, 1.82) is 0 Å². The van der Waals surface area contributed by atoms with Gasteiger partial charge in [0.2, 0.25) is 0 Å². The quantitative estimate of drug-likeness (QED) is 0.873. The van der Waals surface area contributed by atoms with Crippen molar-refractivity contribution >= 4 is 0 Å². The van der Waals surface area contributed by atoms with Gasteiger partial charge in [-0.25, -0.2) is 0 Å². The lowest BCUT2D eigenvalue weighted by atomic mass is 9.90. The van der Waals surface area contributed by atoms with Gasteiger partial charge in [-0.3, -0.25) is 0 Å². The first kappa shape index (κ1) is 12.4. The van der Waals surface area contributed by atoms with Gasteiger partial charge in [0.05, 0.1) is 12.2 Å². The zero-order valence-corrected chi connectivity index (χ0v) is 10.5. The van der Waals surface area contributed by atoms with E-state index in [1.807, 2.05) is 38.1 Å². The Hall–Kier alpha value is -1.06.